The van der Waals surface area contributed by atoms with Gasteiger partial charge in [-0.2, -0.15) is 0 Å². The van der Waals surface area contributed by atoms with Gasteiger partial charge in [-0.3, -0.25) is 4.90 Å². The number of benzene rings is 1. The molecule has 1 heterocycles. The maximum Gasteiger partial charge on any atom is 0.127 e. The van der Waals surface area contributed by atoms with Gasteiger partial charge in [0, 0.05) is 19.1 Å². The van der Waals surface area contributed by atoms with Gasteiger partial charge in [0.05, 0.1) is 19.8 Å². The minimum atomic E-state index is 0.486. The van der Waals surface area contributed by atoms with E-state index in [1.165, 1.54) is 12.8 Å². The van der Waals surface area contributed by atoms with E-state index >= 15 is 0 Å². The van der Waals surface area contributed by atoms with Crippen LogP contribution in [0.5, 0.6) is 11.5 Å². The fraction of sp³-hybridized carbons (Fsp3) is 0.571. The normalized spacial score (nSPS) is 20.1. The Bertz CT molecular complexity index is 373. The van der Waals surface area contributed by atoms with E-state index in [2.05, 4.69) is 4.90 Å². The summed E-state index contributed by atoms with van der Waals surface area (Å²) < 4.78 is 10.9. The molecule has 4 nitrogen and oxygen atoms in total. The van der Waals surface area contributed by atoms with E-state index in [1.54, 1.807) is 14.2 Å². The molecule has 0 amide bonds. The van der Waals surface area contributed by atoms with Gasteiger partial charge in [0.2, 0.25) is 0 Å². The van der Waals surface area contributed by atoms with Crippen LogP contribution in [0, 0.1) is 0 Å². The number of nitrogens with two attached hydrogens (primary N) is 1. The molecule has 1 saturated heterocycles. The molecule has 1 aromatic carbocycles. The van der Waals surface area contributed by atoms with Crippen molar-refractivity contribution in [3.63, 3.8) is 0 Å². The maximum atomic E-state index is 5.81. The minimum Gasteiger partial charge on any atom is -0.496 e. The third kappa shape index (κ3) is 2.60. The van der Waals surface area contributed by atoms with Crippen molar-refractivity contribution < 1.29 is 9.47 Å². The summed E-state index contributed by atoms with van der Waals surface area (Å²) in [5.74, 6) is 1.77. The van der Waals surface area contributed by atoms with Crippen LogP contribution >= 0.6 is 0 Å². The molecule has 4 heteroatoms. The van der Waals surface area contributed by atoms with Gasteiger partial charge in [-0.05, 0) is 31.5 Å². The van der Waals surface area contributed by atoms with Gasteiger partial charge in [0.1, 0.15) is 11.5 Å². The zero-order valence-electron chi connectivity index (χ0n) is 11.2. The number of ether oxygens (including phenoxy) is 2. The lowest BCUT2D eigenvalue weighted by atomic mass is 10.1. The average Bonchev–Trinajstić information content (AvgIpc) is 2.86. The van der Waals surface area contributed by atoms with Crippen LogP contribution in [0.1, 0.15) is 18.4 Å². The molecule has 2 rings (SSSR count). The fourth-order valence-electron chi connectivity index (χ4n) is 2.66. The van der Waals surface area contributed by atoms with E-state index < -0.39 is 0 Å². The largest absolute Gasteiger partial charge is 0.496 e. The van der Waals surface area contributed by atoms with Gasteiger partial charge >= 0.3 is 0 Å². The summed E-state index contributed by atoms with van der Waals surface area (Å²) in [7, 11) is 3.39. The highest BCUT2D eigenvalue weighted by Gasteiger charge is 2.25. The Balaban J connectivity index is 2.21. The summed E-state index contributed by atoms with van der Waals surface area (Å²) in [6, 6.07) is 6.39. The van der Waals surface area contributed by atoms with E-state index in [4.69, 9.17) is 15.2 Å². The van der Waals surface area contributed by atoms with Crippen LogP contribution in [0.3, 0.4) is 0 Å². The van der Waals surface area contributed by atoms with E-state index in [-0.39, 0.29) is 0 Å². The average molecular weight is 250 g/mol. The highest BCUT2D eigenvalue weighted by Crippen LogP contribution is 2.31. The van der Waals surface area contributed by atoms with Crippen molar-refractivity contribution in [3.8, 4) is 11.5 Å². The van der Waals surface area contributed by atoms with E-state index in [0.717, 1.165) is 36.7 Å². The van der Waals surface area contributed by atoms with Crippen LogP contribution in [-0.4, -0.2) is 38.3 Å². The second-order valence-electron chi connectivity index (χ2n) is 4.64. The van der Waals surface area contributed by atoms with Crippen molar-refractivity contribution in [2.45, 2.75) is 25.4 Å². The maximum absolute atomic E-state index is 5.81. The number of hydrogen-bond acceptors (Lipinski definition) is 4. The van der Waals surface area contributed by atoms with Gasteiger partial charge in [-0.1, -0.05) is 6.07 Å². The highest BCUT2D eigenvalue weighted by molar-refractivity contribution is 5.44. The molecule has 0 radical (unpaired) electrons. The van der Waals surface area contributed by atoms with Gasteiger partial charge in [0.15, 0.2) is 0 Å². The number of nitrogens with zero attached hydrogens (tertiary/aromatic N) is 1. The van der Waals surface area contributed by atoms with Crippen molar-refractivity contribution in [1.82, 2.24) is 4.90 Å². The van der Waals surface area contributed by atoms with Crippen LogP contribution in [0.4, 0.5) is 0 Å². The summed E-state index contributed by atoms with van der Waals surface area (Å²) in [6.07, 6.45) is 2.41. The lowest BCUT2D eigenvalue weighted by Crippen LogP contribution is -2.35. The third-order valence-electron chi connectivity index (χ3n) is 3.66. The molecule has 0 aliphatic carbocycles. The molecule has 0 spiro atoms. The summed E-state index contributed by atoms with van der Waals surface area (Å²) in [5, 5.41) is 0. The Morgan fingerprint density at radius 1 is 1.28 bits per heavy atom. The molecule has 1 aliphatic heterocycles. The zero-order valence-corrected chi connectivity index (χ0v) is 11.2. The molecule has 0 bridgehead atoms. The zero-order chi connectivity index (χ0) is 13.0. The fourth-order valence-corrected chi connectivity index (χ4v) is 2.66. The topological polar surface area (TPSA) is 47.7 Å². The molecule has 1 fully saturated rings. The van der Waals surface area contributed by atoms with Crippen LogP contribution in [-0.2, 0) is 6.54 Å². The monoisotopic (exact) mass is 250 g/mol. The van der Waals surface area contributed by atoms with Crippen molar-refractivity contribution in [2.24, 2.45) is 5.73 Å². The van der Waals surface area contributed by atoms with Gasteiger partial charge in [-0.25, -0.2) is 0 Å². The molecule has 1 aliphatic rings. The molecule has 2 N–H and O–H groups in total. The van der Waals surface area contributed by atoms with E-state index in [0.29, 0.717) is 6.04 Å². The Morgan fingerprint density at radius 3 is 2.50 bits per heavy atom. The Kier molecular flexibility index (Phi) is 4.44. The number of rotatable bonds is 5. The summed E-state index contributed by atoms with van der Waals surface area (Å²) >= 11 is 0. The first kappa shape index (κ1) is 13.2. The quantitative estimate of drug-likeness (QED) is 0.863. The SMILES string of the molecule is COc1cccc(OC)c1CN1CCCC1CN. The Morgan fingerprint density at radius 2 is 1.94 bits per heavy atom. The van der Waals surface area contributed by atoms with Gasteiger partial charge in [0.25, 0.3) is 0 Å². The summed E-state index contributed by atoms with van der Waals surface area (Å²) in [6.45, 7) is 2.66. The van der Waals surface area contributed by atoms with Gasteiger partial charge < -0.3 is 15.2 Å². The first-order valence-corrected chi connectivity index (χ1v) is 6.44. The predicted octanol–water partition coefficient (Wildman–Crippen LogP) is 1.63. The molecule has 0 aromatic heterocycles. The first-order valence-electron chi connectivity index (χ1n) is 6.44. The molecule has 1 aromatic rings. The van der Waals surface area contributed by atoms with Gasteiger partial charge in [-0.15, -0.1) is 0 Å². The second-order valence-corrected chi connectivity index (χ2v) is 4.64. The van der Waals surface area contributed by atoms with E-state index in [9.17, 15) is 0 Å². The van der Waals surface area contributed by atoms with Crippen LogP contribution < -0.4 is 15.2 Å². The number of hydrogen-bond donors (Lipinski definition) is 1. The van der Waals surface area contributed by atoms with Crippen LogP contribution in [0.2, 0.25) is 0 Å². The lowest BCUT2D eigenvalue weighted by Gasteiger charge is -2.25. The van der Waals surface area contributed by atoms with Crippen molar-refractivity contribution in [2.75, 3.05) is 27.3 Å². The molecule has 18 heavy (non-hydrogen) atoms. The molecular weight excluding hydrogens is 228 g/mol. The van der Waals surface area contributed by atoms with Crippen molar-refractivity contribution in [1.29, 1.82) is 0 Å². The summed E-state index contributed by atoms with van der Waals surface area (Å²) in [4.78, 5) is 2.42. The number of methoxy groups -OCH3 is 2. The Hall–Kier alpha value is -1.26. The minimum absolute atomic E-state index is 0.486. The summed E-state index contributed by atoms with van der Waals surface area (Å²) in [5.41, 5.74) is 6.93. The molecule has 100 valence electrons. The third-order valence-corrected chi connectivity index (χ3v) is 3.66. The molecule has 0 saturated carbocycles. The number of likely N-dealkylation sites (tertiary alicyclic amines) is 1. The molecular formula is C14H22N2O2. The standard InChI is InChI=1S/C14H22N2O2/c1-17-13-6-3-7-14(18-2)12(13)10-16-8-4-5-11(16)9-15/h3,6-7,11H,4-5,8-10,15H2,1-2H3. The second kappa shape index (κ2) is 6.07. The predicted molar refractivity (Wildman–Crippen MR) is 72.0 cm³/mol. The van der Waals surface area contributed by atoms with Crippen molar-refractivity contribution in [3.05, 3.63) is 23.8 Å². The molecule has 1 atom stereocenters. The Labute approximate surface area is 109 Å². The van der Waals surface area contributed by atoms with Crippen LogP contribution in [0.15, 0.2) is 18.2 Å². The van der Waals surface area contributed by atoms with Crippen LogP contribution in [0.25, 0.3) is 0 Å². The first-order chi connectivity index (χ1) is 8.80. The smallest absolute Gasteiger partial charge is 0.127 e. The highest BCUT2D eigenvalue weighted by atomic mass is 16.5. The lowest BCUT2D eigenvalue weighted by molar-refractivity contribution is 0.242. The molecule has 1 unspecified atom stereocenters. The van der Waals surface area contributed by atoms with Crippen molar-refractivity contribution >= 4 is 0 Å². The van der Waals surface area contributed by atoms with E-state index in [1.807, 2.05) is 18.2 Å².